The number of phenolic OH excluding ortho intramolecular Hbond substituents is 2. The number of hydrogen-bond acceptors (Lipinski definition) is 3. The summed E-state index contributed by atoms with van der Waals surface area (Å²) in [6.07, 6.45) is 5.91. The summed E-state index contributed by atoms with van der Waals surface area (Å²) in [5.74, 6) is 1.16. The van der Waals surface area contributed by atoms with Crippen LogP contribution in [0.1, 0.15) is 53.9 Å². The number of hydrogen-bond donors (Lipinski definition) is 3. The highest BCUT2D eigenvalue weighted by Gasteiger charge is 2.50. The maximum Gasteiger partial charge on any atom is 0.336 e. The van der Waals surface area contributed by atoms with E-state index in [1.165, 1.54) is 18.6 Å². The summed E-state index contributed by atoms with van der Waals surface area (Å²) in [5, 5.41) is 29.6. The van der Waals surface area contributed by atoms with E-state index in [2.05, 4.69) is 0 Å². The van der Waals surface area contributed by atoms with Crippen LogP contribution in [0.25, 0.3) is 0 Å². The molecule has 0 spiro atoms. The Kier molecular flexibility index (Phi) is 2.72. The van der Waals surface area contributed by atoms with E-state index in [0.717, 1.165) is 37.5 Å². The van der Waals surface area contributed by atoms with Crippen molar-refractivity contribution in [1.29, 1.82) is 0 Å². The van der Waals surface area contributed by atoms with Crippen molar-refractivity contribution in [2.24, 2.45) is 23.7 Å². The predicted molar refractivity (Wildman–Crippen MR) is 76.5 cm³/mol. The topological polar surface area (TPSA) is 77.8 Å². The summed E-state index contributed by atoms with van der Waals surface area (Å²) >= 11 is 0. The molecule has 0 aliphatic heterocycles. The van der Waals surface area contributed by atoms with Gasteiger partial charge in [-0.25, -0.2) is 4.79 Å². The van der Waals surface area contributed by atoms with Gasteiger partial charge >= 0.3 is 5.97 Å². The number of carboxylic acids is 1. The molecule has 0 radical (unpaired) electrons. The number of aromatic carboxylic acids is 1. The van der Waals surface area contributed by atoms with Crippen molar-refractivity contribution in [3.8, 4) is 11.5 Å². The minimum Gasteiger partial charge on any atom is -0.504 e. The largest absolute Gasteiger partial charge is 0.504 e. The lowest BCUT2D eigenvalue weighted by molar-refractivity contribution is -0.00395. The van der Waals surface area contributed by atoms with Crippen LogP contribution in [-0.2, 0) is 0 Å². The van der Waals surface area contributed by atoms with E-state index >= 15 is 0 Å². The Balaban J connectivity index is 1.83. The van der Waals surface area contributed by atoms with Crippen LogP contribution in [0.15, 0.2) is 12.1 Å². The molecule has 112 valence electrons. The molecular formula is C17H20O4. The third-order valence-electron chi connectivity index (χ3n) is 5.99. The zero-order valence-electron chi connectivity index (χ0n) is 11.8. The van der Waals surface area contributed by atoms with Gasteiger partial charge in [0.2, 0.25) is 0 Å². The zero-order valence-corrected chi connectivity index (χ0v) is 11.8. The van der Waals surface area contributed by atoms with Crippen molar-refractivity contribution in [1.82, 2.24) is 0 Å². The molecular weight excluding hydrogens is 268 g/mol. The van der Waals surface area contributed by atoms with E-state index in [-0.39, 0.29) is 23.0 Å². The van der Waals surface area contributed by atoms with Gasteiger partial charge in [0.25, 0.3) is 0 Å². The van der Waals surface area contributed by atoms with Crippen LogP contribution in [0.3, 0.4) is 0 Å². The van der Waals surface area contributed by atoms with Gasteiger partial charge in [-0.1, -0.05) is 0 Å². The predicted octanol–water partition coefficient (Wildman–Crippen LogP) is 3.34. The maximum absolute atomic E-state index is 11.5. The highest BCUT2D eigenvalue weighted by molar-refractivity contribution is 5.91. The number of carboxylic acid groups (broad SMARTS) is 1. The lowest BCUT2D eigenvalue weighted by Crippen LogP contribution is -2.44. The van der Waals surface area contributed by atoms with E-state index < -0.39 is 5.97 Å². The molecule has 4 saturated carbocycles. The quantitative estimate of drug-likeness (QED) is 0.729. The molecule has 5 rings (SSSR count). The van der Waals surface area contributed by atoms with Gasteiger partial charge in [0.05, 0.1) is 5.56 Å². The molecule has 1 aromatic rings. The molecule has 1 aromatic carbocycles. The standard InChI is InChI=1S/C17H20O4/c18-13-2-1-12(17(20)21)15(16(13)19)14-10-4-8-3-9(6-10)7-11(14)5-8/h1-2,8-11,14,18-19H,3-7H2,(H,20,21). The molecule has 0 atom stereocenters. The molecule has 21 heavy (non-hydrogen) atoms. The summed E-state index contributed by atoms with van der Waals surface area (Å²) in [6, 6.07) is 2.70. The first-order valence-corrected chi connectivity index (χ1v) is 7.82. The Morgan fingerprint density at radius 3 is 2.05 bits per heavy atom. The van der Waals surface area contributed by atoms with E-state index in [0.29, 0.717) is 17.4 Å². The Bertz CT molecular complexity index is 579. The first kappa shape index (κ1) is 13.0. The number of aromatic hydroxyl groups is 2. The summed E-state index contributed by atoms with van der Waals surface area (Å²) < 4.78 is 0. The minimum absolute atomic E-state index is 0.0935. The fraction of sp³-hybridized carbons (Fsp3) is 0.588. The Morgan fingerprint density at radius 2 is 1.52 bits per heavy atom. The summed E-state index contributed by atoms with van der Waals surface area (Å²) in [6.45, 7) is 0. The van der Waals surface area contributed by atoms with Crippen LogP contribution in [0, 0.1) is 23.7 Å². The first-order valence-electron chi connectivity index (χ1n) is 7.82. The molecule has 4 aliphatic rings. The van der Waals surface area contributed by atoms with Gasteiger partial charge in [0.1, 0.15) is 0 Å². The van der Waals surface area contributed by atoms with Gasteiger partial charge in [0, 0.05) is 5.56 Å². The van der Waals surface area contributed by atoms with Gasteiger partial charge < -0.3 is 15.3 Å². The van der Waals surface area contributed by atoms with E-state index in [4.69, 9.17) is 0 Å². The number of phenols is 2. The molecule has 0 saturated heterocycles. The Labute approximate surface area is 123 Å². The zero-order chi connectivity index (χ0) is 14.7. The SMILES string of the molecule is O=C(O)c1ccc(O)c(O)c1C1C2CC3CC(C2)CC1C3. The van der Waals surface area contributed by atoms with Crippen molar-refractivity contribution < 1.29 is 20.1 Å². The van der Waals surface area contributed by atoms with Crippen LogP contribution in [0.5, 0.6) is 11.5 Å². The monoisotopic (exact) mass is 288 g/mol. The van der Waals surface area contributed by atoms with Crippen LogP contribution in [0.2, 0.25) is 0 Å². The third kappa shape index (κ3) is 1.84. The van der Waals surface area contributed by atoms with Crippen LogP contribution >= 0.6 is 0 Å². The van der Waals surface area contributed by atoms with Crippen LogP contribution in [-0.4, -0.2) is 21.3 Å². The molecule has 3 N–H and O–H groups in total. The number of benzene rings is 1. The lowest BCUT2D eigenvalue weighted by Gasteiger charge is -2.54. The van der Waals surface area contributed by atoms with E-state index in [1.807, 2.05) is 0 Å². The smallest absolute Gasteiger partial charge is 0.336 e. The second-order valence-electron chi connectivity index (χ2n) is 7.16. The maximum atomic E-state index is 11.5. The lowest BCUT2D eigenvalue weighted by atomic mass is 9.50. The Morgan fingerprint density at radius 1 is 0.952 bits per heavy atom. The van der Waals surface area contributed by atoms with Crippen molar-refractivity contribution in [3.63, 3.8) is 0 Å². The highest BCUT2D eigenvalue weighted by Crippen LogP contribution is 2.61. The van der Waals surface area contributed by atoms with Gasteiger partial charge in [0.15, 0.2) is 11.5 Å². The molecule has 4 fully saturated rings. The molecule has 0 amide bonds. The summed E-state index contributed by atoms with van der Waals surface area (Å²) in [5.41, 5.74) is 0.638. The third-order valence-corrected chi connectivity index (χ3v) is 5.99. The van der Waals surface area contributed by atoms with Gasteiger partial charge in [-0.15, -0.1) is 0 Å². The van der Waals surface area contributed by atoms with Crippen molar-refractivity contribution in [2.45, 2.75) is 38.0 Å². The molecule has 4 bridgehead atoms. The Hall–Kier alpha value is -1.71. The van der Waals surface area contributed by atoms with Crippen LogP contribution in [0.4, 0.5) is 0 Å². The van der Waals surface area contributed by atoms with Crippen molar-refractivity contribution >= 4 is 5.97 Å². The second-order valence-corrected chi connectivity index (χ2v) is 7.16. The molecule has 0 heterocycles. The number of rotatable bonds is 2. The average molecular weight is 288 g/mol. The van der Waals surface area contributed by atoms with Crippen molar-refractivity contribution in [2.75, 3.05) is 0 Å². The first-order chi connectivity index (χ1) is 10.0. The normalized spacial score (nSPS) is 36.9. The van der Waals surface area contributed by atoms with Crippen molar-refractivity contribution in [3.05, 3.63) is 23.3 Å². The van der Waals surface area contributed by atoms with Crippen LogP contribution < -0.4 is 0 Å². The van der Waals surface area contributed by atoms with E-state index in [9.17, 15) is 20.1 Å². The average Bonchev–Trinajstić information content (AvgIpc) is 2.41. The van der Waals surface area contributed by atoms with Gasteiger partial charge in [-0.05, 0) is 73.8 Å². The van der Waals surface area contributed by atoms with Gasteiger partial charge in [-0.2, -0.15) is 0 Å². The van der Waals surface area contributed by atoms with E-state index in [1.54, 1.807) is 0 Å². The fourth-order valence-electron chi connectivity index (χ4n) is 5.52. The molecule has 4 aliphatic carbocycles. The molecule has 4 heteroatoms. The number of carbonyl (C=O) groups is 1. The minimum atomic E-state index is -1.02. The fourth-order valence-corrected chi connectivity index (χ4v) is 5.52. The molecule has 0 unspecified atom stereocenters. The van der Waals surface area contributed by atoms with Gasteiger partial charge in [-0.3, -0.25) is 0 Å². The summed E-state index contributed by atoms with van der Waals surface area (Å²) in [7, 11) is 0. The molecule has 0 aromatic heterocycles. The summed E-state index contributed by atoms with van der Waals surface area (Å²) in [4.78, 5) is 11.5. The molecule has 4 nitrogen and oxygen atoms in total. The highest BCUT2D eigenvalue weighted by atomic mass is 16.4. The second kappa shape index (κ2) is 4.39.